The number of fused-ring (bicyclic) bond motifs is 1. The van der Waals surface area contributed by atoms with Crippen molar-refractivity contribution in [2.75, 3.05) is 23.3 Å². The van der Waals surface area contributed by atoms with Gasteiger partial charge >= 0.3 is 0 Å². The van der Waals surface area contributed by atoms with Gasteiger partial charge in [0.2, 0.25) is 0 Å². The maximum atomic E-state index is 4.38. The van der Waals surface area contributed by atoms with E-state index in [1.165, 1.54) is 12.8 Å². The Bertz CT molecular complexity index is 552. The van der Waals surface area contributed by atoms with Crippen LogP contribution in [-0.2, 0) is 0 Å². The molecule has 18 heavy (non-hydrogen) atoms. The molecule has 3 rings (SSSR count). The zero-order valence-corrected chi connectivity index (χ0v) is 12.0. The number of anilines is 1. The molecule has 2 aromatic heterocycles. The van der Waals surface area contributed by atoms with E-state index in [4.69, 9.17) is 0 Å². The molecule has 1 atom stereocenters. The second-order valence-electron chi connectivity index (χ2n) is 4.84. The van der Waals surface area contributed by atoms with Crippen LogP contribution >= 0.6 is 15.9 Å². The summed E-state index contributed by atoms with van der Waals surface area (Å²) in [6.45, 7) is 4.16. The lowest BCUT2D eigenvalue weighted by Gasteiger charge is -2.33. The fraction of sp³-hybridized carbons (Fsp3) is 0.583. The molecule has 0 aliphatic carbocycles. The van der Waals surface area contributed by atoms with Gasteiger partial charge in [0.05, 0.1) is 0 Å². The topological polar surface area (TPSA) is 46.3 Å². The molecular weight excluding hydrogens is 294 g/mol. The summed E-state index contributed by atoms with van der Waals surface area (Å²) in [6.07, 6.45) is 4.09. The van der Waals surface area contributed by atoms with Crippen LogP contribution in [0.25, 0.3) is 5.78 Å². The zero-order chi connectivity index (χ0) is 12.5. The first-order valence-corrected chi connectivity index (χ1v) is 7.38. The molecule has 0 saturated carbocycles. The van der Waals surface area contributed by atoms with Crippen LogP contribution in [0, 0.1) is 12.8 Å². The Morgan fingerprint density at radius 1 is 1.50 bits per heavy atom. The third kappa shape index (κ3) is 2.09. The van der Waals surface area contributed by atoms with Crippen molar-refractivity contribution in [3.05, 3.63) is 18.1 Å². The highest BCUT2D eigenvalue weighted by Gasteiger charge is 2.21. The number of rotatable bonds is 2. The molecule has 6 heteroatoms. The van der Waals surface area contributed by atoms with Crippen LogP contribution in [0.5, 0.6) is 0 Å². The van der Waals surface area contributed by atoms with E-state index in [-0.39, 0.29) is 0 Å². The van der Waals surface area contributed by atoms with E-state index in [0.717, 1.165) is 29.9 Å². The van der Waals surface area contributed by atoms with Gasteiger partial charge in [0, 0.05) is 30.2 Å². The molecule has 96 valence electrons. The number of nitrogens with zero attached hydrogens (tertiary/aromatic N) is 5. The van der Waals surface area contributed by atoms with E-state index in [9.17, 15) is 0 Å². The Morgan fingerprint density at radius 2 is 2.39 bits per heavy atom. The summed E-state index contributed by atoms with van der Waals surface area (Å²) in [7, 11) is 0. The molecule has 0 amide bonds. The molecule has 1 saturated heterocycles. The van der Waals surface area contributed by atoms with Crippen molar-refractivity contribution in [1.82, 2.24) is 19.6 Å². The fourth-order valence-electron chi connectivity index (χ4n) is 2.54. The summed E-state index contributed by atoms with van der Waals surface area (Å²) in [5.41, 5.74) is 0.992. The molecule has 0 aromatic carbocycles. The van der Waals surface area contributed by atoms with Crippen molar-refractivity contribution in [2.45, 2.75) is 19.8 Å². The van der Waals surface area contributed by atoms with Gasteiger partial charge in [0.15, 0.2) is 0 Å². The lowest BCUT2D eigenvalue weighted by Crippen LogP contribution is -2.37. The van der Waals surface area contributed by atoms with Gasteiger partial charge in [-0.25, -0.2) is 4.98 Å². The van der Waals surface area contributed by atoms with Gasteiger partial charge < -0.3 is 4.90 Å². The highest BCUT2D eigenvalue weighted by molar-refractivity contribution is 9.09. The molecule has 1 aliphatic rings. The van der Waals surface area contributed by atoms with Crippen molar-refractivity contribution in [2.24, 2.45) is 5.92 Å². The number of halogens is 1. The highest BCUT2D eigenvalue weighted by Crippen LogP contribution is 2.24. The van der Waals surface area contributed by atoms with Gasteiger partial charge in [-0.15, -0.1) is 0 Å². The van der Waals surface area contributed by atoms with Crippen molar-refractivity contribution in [1.29, 1.82) is 0 Å². The van der Waals surface area contributed by atoms with Gasteiger partial charge in [-0.3, -0.25) is 0 Å². The molecule has 3 heterocycles. The lowest BCUT2D eigenvalue weighted by molar-refractivity contribution is 0.450. The van der Waals surface area contributed by atoms with E-state index < -0.39 is 0 Å². The summed E-state index contributed by atoms with van der Waals surface area (Å²) in [4.78, 5) is 11.0. The van der Waals surface area contributed by atoms with Gasteiger partial charge in [-0.2, -0.15) is 14.6 Å². The number of hydrogen-bond donors (Lipinski definition) is 0. The number of aryl methyl sites for hydroxylation is 1. The summed E-state index contributed by atoms with van der Waals surface area (Å²) < 4.78 is 1.84. The first-order valence-electron chi connectivity index (χ1n) is 6.26. The van der Waals surface area contributed by atoms with E-state index in [0.29, 0.717) is 11.7 Å². The monoisotopic (exact) mass is 309 g/mol. The standard InChI is InChI=1S/C12H16BrN5/c1-9-5-11(18-12(16-9)14-8-15-18)17-4-2-3-10(6-13)7-17/h5,8,10H,2-4,6-7H2,1H3. The van der Waals surface area contributed by atoms with E-state index >= 15 is 0 Å². The third-order valence-electron chi connectivity index (χ3n) is 3.42. The van der Waals surface area contributed by atoms with Gasteiger partial charge in [0.25, 0.3) is 5.78 Å². The van der Waals surface area contributed by atoms with E-state index in [1.54, 1.807) is 6.33 Å². The minimum Gasteiger partial charge on any atom is -0.356 e. The van der Waals surface area contributed by atoms with Crippen LogP contribution in [0.2, 0.25) is 0 Å². The van der Waals surface area contributed by atoms with Crippen molar-refractivity contribution >= 4 is 27.5 Å². The second-order valence-corrected chi connectivity index (χ2v) is 5.48. The van der Waals surface area contributed by atoms with Gasteiger partial charge in [0.1, 0.15) is 12.1 Å². The summed E-state index contributed by atoms with van der Waals surface area (Å²) >= 11 is 3.59. The Morgan fingerprint density at radius 3 is 3.22 bits per heavy atom. The minimum absolute atomic E-state index is 0.686. The SMILES string of the molecule is Cc1cc(N2CCCC(CBr)C2)n2ncnc2n1. The summed E-state index contributed by atoms with van der Waals surface area (Å²) in [5, 5.41) is 5.34. The predicted octanol–water partition coefficient (Wildman–Crippen LogP) is 2.04. The first kappa shape index (κ1) is 11.9. The lowest BCUT2D eigenvalue weighted by atomic mass is 10.0. The molecule has 0 spiro atoms. The molecule has 5 nitrogen and oxygen atoms in total. The average molecular weight is 310 g/mol. The van der Waals surface area contributed by atoms with Gasteiger partial charge in [-0.05, 0) is 25.7 Å². The molecule has 2 aromatic rings. The van der Waals surface area contributed by atoms with Crippen molar-refractivity contribution in [3.8, 4) is 0 Å². The summed E-state index contributed by atoms with van der Waals surface area (Å²) in [5.74, 6) is 2.51. The fourth-order valence-corrected chi connectivity index (χ4v) is 3.06. The number of hydrogen-bond acceptors (Lipinski definition) is 4. The minimum atomic E-state index is 0.686. The number of alkyl halides is 1. The van der Waals surface area contributed by atoms with Gasteiger partial charge in [-0.1, -0.05) is 15.9 Å². The molecule has 1 aliphatic heterocycles. The number of piperidine rings is 1. The Labute approximate surface area is 114 Å². The quantitative estimate of drug-likeness (QED) is 0.797. The third-order valence-corrected chi connectivity index (χ3v) is 4.34. The van der Waals surface area contributed by atoms with E-state index in [2.05, 4.69) is 42.0 Å². The molecule has 1 unspecified atom stereocenters. The first-order chi connectivity index (χ1) is 8.78. The average Bonchev–Trinajstić information content (AvgIpc) is 2.85. The highest BCUT2D eigenvalue weighted by atomic mass is 79.9. The molecule has 1 fully saturated rings. The molecular formula is C12H16BrN5. The largest absolute Gasteiger partial charge is 0.356 e. The van der Waals surface area contributed by atoms with Crippen LogP contribution in [-0.4, -0.2) is 38.0 Å². The number of aromatic nitrogens is 4. The van der Waals surface area contributed by atoms with Crippen molar-refractivity contribution in [3.63, 3.8) is 0 Å². The summed E-state index contributed by atoms with van der Waals surface area (Å²) in [6, 6.07) is 2.10. The van der Waals surface area contributed by atoms with E-state index in [1.807, 2.05) is 11.4 Å². The van der Waals surface area contributed by atoms with Crippen LogP contribution in [0.15, 0.2) is 12.4 Å². The van der Waals surface area contributed by atoms with Crippen LogP contribution in [0.3, 0.4) is 0 Å². The van der Waals surface area contributed by atoms with Crippen molar-refractivity contribution < 1.29 is 0 Å². The maximum Gasteiger partial charge on any atom is 0.254 e. The van der Waals surface area contributed by atoms with Crippen LogP contribution in [0.4, 0.5) is 5.82 Å². The Hall–Kier alpha value is -1.17. The maximum absolute atomic E-state index is 4.38. The predicted molar refractivity (Wildman–Crippen MR) is 74.3 cm³/mol. The molecule has 0 radical (unpaired) electrons. The Balaban J connectivity index is 2.00. The molecule has 0 N–H and O–H groups in total. The van der Waals surface area contributed by atoms with Crippen LogP contribution in [0.1, 0.15) is 18.5 Å². The second kappa shape index (κ2) is 4.84. The zero-order valence-electron chi connectivity index (χ0n) is 10.4. The molecule has 0 bridgehead atoms. The normalized spacial score (nSPS) is 20.6. The van der Waals surface area contributed by atoms with Crippen LogP contribution < -0.4 is 4.90 Å². The Kier molecular flexibility index (Phi) is 3.20. The smallest absolute Gasteiger partial charge is 0.254 e.